The smallest absolute Gasteiger partial charge is 0.0717 e. The average molecular weight is 218 g/mol. The molecule has 1 unspecified atom stereocenters. The van der Waals surface area contributed by atoms with Crippen LogP contribution in [0.15, 0.2) is 30.3 Å². The molecule has 88 valence electrons. The number of benzene rings is 1. The second-order valence-corrected chi connectivity index (χ2v) is 5.14. The van der Waals surface area contributed by atoms with Gasteiger partial charge in [0.25, 0.3) is 0 Å². The highest BCUT2D eigenvalue weighted by Crippen LogP contribution is 2.28. The van der Waals surface area contributed by atoms with Gasteiger partial charge in [-0.1, -0.05) is 50.1 Å². The van der Waals surface area contributed by atoms with Crippen molar-refractivity contribution in [3.63, 3.8) is 0 Å². The summed E-state index contributed by atoms with van der Waals surface area (Å²) in [4.78, 5) is 0. The largest absolute Gasteiger partial charge is 0.376 e. The van der Waals surface area contributed by atoms with Gasteiger partial charge in [0.05, 0.1) is 6.61 Å². The molecule has 1 aromatic carbocycles. The van der Waals surface area contributed by atoms with Crippen LogP contribution in [0.3, 0.4) is 0 Å². The van der Waals surface area contributed by atoms with Crippen molar-refractivity contribution in [1.29, 1.82) is 0 Å². The first-order valence-electron chi connectivity index (χ1n) is 6.46. The van der Waals surface area contributed by atoms with Crippen molar-refractivity contribution in [3.05, 3.63) is 35.9 Å². The van der Waals surface area contributed by atoms with Gasteiger partial charge in [-0.15, -0.1) is 0 Å². The third kappa shape index (κ3) is 3.64. The van der Waals surface area contributed by atoms with Gasteiger partial charge >= 0.3 is 0 Å². The normalized spacial score (nSPS) is 25.6. The van der Waals surface area contributed by atoms with Gasteiger partial charge in [0.15, 0.2) is 0 Å². The zero-order chi connectivity index (χ0) is 11.2. The third-order valence-electron chi connectivity index (χ3n) is 3.51. The highest BCUT2D eigenvalue weighted by molar-refractivity contribution is 5.13. The molecular weight excluding hydrogens is 196 g/mol. The zero-order valence-corrected chi connectivity index (χ0v) is 10.2. The predicted molar refractivity (Wildman–Crippen MR) is 67.2 cm³/mol. The number of hydrogen-bond donors (Lipinski definition) is 0. The summed E-state index contributed by atoms with van der Waals surface area (Å²) < 4.78 is 5.81. The first-order chi connectivity index (χ1) is 7.84. The molecule has 1 heteroatoms. The number of rotatable bonds is 4. The molecule has 0 aromatic heterocycles. The lowest BCUT2D eigenvalue weighted by Crippen LogP contribution is -2.18. The molecule has 1 saturated carbocycles. The average Bonchev–Trinajstić information content (AvgIpc) is 2.30. The number of hydrogen-bond acceptors (Lipinski definition) is 1. The number of ether oxygens (including phenoxy) is 1. The SMILES string of the molecule is C[C@H]1CCCC(COCc2ccccc2)C1. The summed E-state index contributed by atoms with van der Waals surface area (Å²) >= 11 is 0. The molecule has 1 fully saturated rings. The highest BCUT2D eigenvalue weighted by Gasteiger charge is 2.18. The first kappa shape index (κ1) is 11.7. The molecule has 1 nitrogen and oxygen atoms in total. The summed E-state index contributed by atoms with van der Waals surface area (Å²) in [5, 5.41) is 0. The molecule has 0 heterocycles. The van der Waals surface area contributed by atoms with Gasteiger partial charge in [0, 0.05) is 6.61 Å². The van der Waals surface area contributed by atoms with Gasteiger partial charge in [-0.2, -0.15) is 0 Å². The second kappa shape index (κ2) is 6.05. The van der Waals surface area contributed by atoms with Crippen LogP contribution < -0.4 is 0 Å². The fraction of sp³-hybridized carbons (Fsp3) is 0.600. The molecule has 0 bridgehead atoms. The second-order valence-electron chi connectivity index (χ2n) is 5.14. The van der Waals surface area contributed by atoms with Crippen LogP contribution in [0.4, 0.5) is 0 Å². The molecule has 1 aliphatic carbocycles. The van der Waals surface area contributed by atoms with Gasteiger partial charge < -0.3 is 4.74 Å². The third-order valence-corrected chi connectivity index (χ3v) is 3.51. The van der Waals surface area contributed by atoms with Crippen molar-refractivity contribution < 1.29 is 4.74 Å². The summed E-state index contributed by atoms with van der Waals surface area (Å²) in [5.41, 5.74) is 1.28. The van der Waals surface area contributed by atoms with Crippen molar-refractivity contribution in [3.8, 4) is 0 Å². The Labute approximate surface area is 98.8 Å². The molecular formula is C15H22O. The van der Waals surface area contributed by atoms with Crippen LogP contribution in [0.5, 0.6) is 0 Å². The maximum absolute atomic E-state index is 5.81. The summed E-state index contributed by atoms with van der Waals surface area (Å²) in [6, 6.07) is 10.4. The minimum Gasteiger partial charge on any atom is -0.376 e. The maximum Gasteiger partial charge on any atom is 0.0717 e. The zero-order valence-electron chi connectivity index (χ0n) is 10.2. The highest BCUT2D eigenvalue weighted by atomic mass is 16.5. The van der Waals surface area contributed by atoms with Crippen LogP contribution in [-0.4, -0.2) is 6.61 Å². The van der Waals surface area contributed by atoms with E-state index < -0.39 is 0 Å². The van der Waals surface area contributed by atoms with Gasteiger partial charge in [-0.3, -0.25) is 0 Å². The van der Waals surface area contributed by atoms with Crippen molar-refractivity contribution in [2.24, 2.45) is 11.8 Å². The van der Waals surface area contributed by atoms with Gasteiger partial charge in [-0.25, -0.2) is 0 Å². The Balaban J connectivity index is 1.68. The molecule has 0 amide bonds. The Morgan fingerprint density at radius 2 is 2.00 bits per heavy atom. The summed E-state index contributed by atoms with van der Waals surface area (Å²) in [6.07, 6.45) is 5.52. The predicted octanol–water partition coefficient (Wildman–Crippen LogP) is 4.03. The Morgan fingerprint density at radius 1 is 1.19 bits per heavy atom. The van der Waals surface area contributed by atoms with Crippen molar-refractivity contribution >= 4 is 0 Å². The minimum atomic E-state index is 0.770. The van der Waals surface area contributed by atoms with Gasteiger partial charge in [0.1, 0.15) is 0 Å². The molecule has 1 aromatic rings. The Kier molecular flexibility index (Phi) is 4.41. The van der Waals surface area contributed by atoms with E-state index in [0.717, 1.165) is 25.0 Å². The van der Waals surface area contributed by atoms with Crippen LogP contribution in [0.25, 0.3) is 0 Å². The van der Waals surface area contributed by atoms with Crippen molar-refractivity contribution in [1.82, 2.24) is 0 Å². The lowest BCUT2D eigenvalue weighted by atomic mass is 9.83. The lowest BCUT2D eigenvalue weighted by molar-refractivity contribution is 0.0658. The standard InChI is InChI=1S/C15H22O/c1-13-6-5-9-15(10-13)12-16-11-14-7-3-2-4-8-14/h2-4,7-8,13,15H,5-6,9-12H2,1H3/t13-,15?/m0/s1. The fourth-order valence-electron chi connectivity index (χ4n) is 2.63. The van der Waals surface area contributed by atoms with Crippen LogP contribution >= 0.6 is 0 Å². The van der Waals surface area contributed by atoms with E-state index in [1.165, 1.54) is 31.2 Å². The van der Waals surface area contributed by atoms with Crippen molar-refractivity contribution in [2.75, 3.05) is 6.61 Å². The van der Waals surface area contributed by atoms with E-state index in [9.17, 15) is 0 Å². The molecule has 1 aliphatic rings. The van der Waals surface area contributed by atoms with Gasteiger partial charge in [-0.05, 0) is 30.2 Å². The van der Waals surface area contributed by atoms with Gasteiger partial charge in [0.2, 0.25) is 0 Å². The Hall–Kier alpha value is -0.820. The van der Waals surface area contributed by atoms with Crippen LogP contribution in [0, 0.1) is 11.8 Å². The van der Waals surface area contributed by atoms with E-state index in [-0.39, 0.29) is 0 Å². The van der Waals surface area contributed by atoms with E-state index in [1.807, 2.05) is 6.07 Å². The minimum absolute atomic E-state index is 0.770. The van der Waals surface area contributed by atoms with E-state index in [4.69, 9.17) is 4.74 Å². The summed E-state index contributed by atoms with van der Waals surface area (Å²) in [6.45, 7) is 4.08. The molecule has 16 heavy (non-hydrogen) atoms. The first-order valence-corrected chi connectivity index (χ1v) is 6.46. The molecule has 0 saturated heterocycles. The maximum atomic E-state index is 5.81. The Bertz CT molecular complexity index is 294. The quantitative estimate of drug-likeness (QED) is 0.741. The lowest BCUT2D eigenvalue weighted by Gasteiger charge is -2.26. The van der Waals surface area contributed by atoms with Crippen molar-refractivity contribution in [2.45, 2.75) is 39.2 Å². The molecule has 2 atom stereocenters. The van der Waals surface area contributed by atoms with Crippen LogP contribution in [0.2, 0.25) is 0 Å². The fourth-order valence-corrected chi connectivity index (χ4v) is 2.63. The summed E-state index contributed by atoms with van der Waals surface area (Å²) in [5.74, 6) is 1.70. The topological polar surface area (TPSA) is 9.23 Å². The van der Waals surface area contributed by atoms with Crippen LogP contribution in [0.1, 0.15) is 38.2 Å². The van der Waals surface area contributed by atoms with E-state index in [1.54, 1.807) is 0 Å². The molecule has 0 spiro atoms. The van der Waals surface area contributed by atoms with E-state index in [0.29, 0.717) is 0 Å². The molecule has 0 radical (unpaired) electrons. The van der Waals surface area contributed by atoms with E-state index >= 15 is 0 Å². The molecule has 0 aliphatic heterocycles. The van der Waals surface area contributed by atoms with E-state index in [2.05, 4.69) is 31.2 Å². The summed E-state index contributed by atoms with van der Waals surface area (Å²) in [7, 11) is 0. The molecule has 2 rings (SSSR count). The van der Waals surface area contributed by atoms with Crippen LogP contribution in [-0.2, 0) is 11.3 Å². The molecule has 0 N–H and O–H groups in total. The monoisotopic (exact) mass is 218 g/mol. The Morgan fingerprint density at radius 3 is 2.75 bits per heavy atom.